The molecule has 0 aliphatic carbocycles. The van der Waals surface area contributed by atoms with Gasteiger partial charge in [-0.15, -0.1) is 12.6 Å². The van der Waals surface area contributed by atoms with Gasteiger partial charge < -0.3 is 20.1 Å². The van der Waals surface area contributed by atoms with E-state index in [1.54, 1.807) is 30.3 Å². The lowest BCUT2D eigenvalue weighted by molar-refractivity contribution is -0.258. The number of benzene rings is 2. The van der Waals surface area contributed by atoms with Gasteiger partial charge in [-0.05, 0) is 49.6 Å². The summed E-state index contributed by atoms with van der Waals surface area (Å²) >= 11 is 4.33. The van der Waals surface area contributed by atoms with E-state index in [2.05, 4.69) is 17.9 Å². The van der Waals surface area contributed by atoms with Crippen LogP contribution in [-0.4, -0.2) is 75.5 Å². The summed E-state index contributed by atoms with van der Waals surface area (Å²) < 4.78 is 73.6. The maximum absolute atomic E-state index is 13.4. The smallest absolute Gasteiger partial charge is 0.381 e. The van der Waals surface area contributed by atoms with Gasteiger partial charge in [-0.25, -0.2) is 8.42 Å². The fraction of sp³-hybridized carbons (Fsp3) is 0.520. The van der Waals surface area contributed by atoms with E-state index in [1.807, 2.05) is 4.90 Å². The molecule has 0 spiro atoms. The summed E-state index contributed by atoms with van der Waals surface area (Å²) in [4.78, 5) is 2.52. The van der Waals surface area contributed by atoms with E-state index in [4.69, 9.17) is 4.74 Å². The highest BCUT2D eigenvalue weighted by Gasteiger charge is 2.51. The van der Waals surface area contributed by atoms with Crippen LogP contribution in [0.5, 0.6) is 0 Å². The number of thiol groups is 1. The van der Waals surface area contributed by atoms with Crippen molar-refractivity contribution in [3.8, 4) is 0 Å². The number of ether oxygens (including phenoxy) is 1. The molecule has 0 bridgehead atoms. The van der Waals surface area contributed by atoms with Gasteiger partial charge in [0, 0.05) is 56.0 Å². The second kappa shape index (κ2) is 11.1. The lowest BCUT2D eigenvalue weighted by Gasteiger charge is -2.43. The van der Waals surface area contributed by atoms with Crippen molar-refractivity contribution in [2.75, 3.05) is 44.3 Å². The Bertz CT molecular complexity index is 1170. The van der Waals surface area contributed by atoms with E-state index in [9.17, 15) is 26.7 Å². The monoisotopic (exact) mass is 559 g/mol. The van der Waals surface area contributed by atoms with Crippen molar-refractivity contribution in [2.24, 2.45) is 0 Å². The Balaban J connectivity index is 1.57. The predicted octanol–water partition coefficient (Wildman–Crippen LogP) is 3.39. The highest BCUT2D eigenvalue weighted by atomic mass is 32.2. The minimum Gasteiger partial charge on any atom is -0.381 e. The Morgan fingerprint density at radius 1 is 1.08 bits per heavy atom. The van der Waals surface area contributed by atoms with Crippen molar-refractivity contribution in [3.63, 3.8) is 0 Å². The molecular formula is C25H32F3N3O4S2. The van der Waals surface area contributed by atoms with Gasteiger partial charge in [-0.1, -0.05) is 24.3 Å². The molecule has 2 aromatic rings. The predicted molar refractivity (Wildman–Crippen MR) is 137 cm³/mol. The first-order chi connectivity index (χ1) is 17.4. The number of sulfonamides is 1. The largest absolute Gasteiger partial charge is 0.421 e. The molecule has 2 aliphatic rings. The van der Waals surface area contributed by atoms with E-state index in [0.29, 0.717) is 36.9 Å². The third-order valence-electron chi connectivity index (χ3n) is 7.11. The van der Waals surface area contributed by atoms with Crippen LogP contribution >= 0.6 is 12.6 Å². The Kier molecular flexibility index (Phi) is 8.46. The topological polar surface area (TPSA) is 82.1 Å². The molecule has 12 heteroatoms. The molecule has 2 fully saturated rings. The fourth-order valence-corrected chi connectivity index (χ4v) is 6.78. The molecule has 0 amide bonds. The molecule has 0 saturated carbocycles. The second-order valence-corrected chi connectivity index (χ2v) is 12.0. The Morgan fingerprint density at radius 3 is 2.35 bits per heavy atom. The van der Waals surface area contributed by atoms with Crippen molar-refractivity contribution >= 4 is 28.3 Å². The number of hydrogen-bond donors (Lipinski definition) is 3. The van der Waals surface area contributed by atoms with Gasteiger partial charge in [-0.2, -0.15) is 17.5 Å². The molecule has 2 N–H and O–H groups in total. The van der Waals surface area contributed by atoms with Crippen molar-refractivity contribution in [1.29, 1.82) is 0 Å². The third-order valence-corrected chi connectivity index (χ3v) is 9.57. The van der Waals surface area contributed by atoms with Crippen LogP contribution < -0.4 is 10.2 Å². The summed E-state index contributed by atoms with van der Waals surface area (Å²) in [6, 6.07) is 12.1. The molecule has 2 heterocycles. The first-order valence-electron chi connectivity index (χ1n) is 12.2. The summed E-state index contributed by atoms with van der Waals surface area (Å²) in [6.07, 6.45) is -3.11. The molecule has 37 heavy (non-hydrogen) atoms. The normalized spacial score (nSPS) is 22.1. The highest BCUT2D eigenvalue weighted by molar-refractivity contribution is 7.90. The number of alkyl halides is 3. The Hall–Kier alpha value is -1.83. The van der Waals surface area contributed by atoms with Crippen LogP contribution in [0.3, 0.4) is 0 Å². The maximum atomic E-state index is 13.4. The zero-order chi connectivity index (χ0) is 26.8. The summed E-state index contributed by atoms with van der Waals surface area (Å²) in [5.41, 5.74) is -2.57. The van der Waals surface area contributed by atoms with Gasteiger partial charge in [-0.3, -0.25) is 0 Å². The molecular weight excluding hydrogens is 527 g/mol. The number of nitrogens with zero attached hydrogens (tertiary/aromatic N) is 2. The lowest BCUT2D eigenvalue weighted by atomic mass is 9.95. The molecule has 2 aromatic carbocycles. The average molecular weight is 560 g/mol. The number of rotatable bonds is 7. The van der Waals surface area contributed by atoms with Crippen LogP contribution in [0, 0.1) is 0 Å². The first kappa shape index (κ1) is 28.2. The van der Waals surface area contributed by atoms with Gasteiger partial charge in [0.25, 0.3) is 0 Å². The summed E-state index contributed by atoms with van der Waals surface area (Å²) in [5.74, 6) is 0. The summed E-state index contributed by atoms with van der Waals surface area (Å²) in [5, 5.41) is 13.5. The van der Waals surface area contributed by atoms with Crippen molar-refractivity contribution in [3.05, 3.63) is 54.1 Å². The number of piperazine rings is 1. The molecule has 7 nitrogen and oxygen atoms in total. The Morgan fingerprint density at radius 2 is 1.73 bits per heavy atom. The highest BCUT2D eigenvalue weighted by Crippen LogP contribution is 2.39. The number of hydrogen-bond acceptors (Lipinski definition) is 7. The number of halogens is 3. The minimum absolute atomic E-state index is 0.140. The minimum atomic E-state index is -4.81. The quantitative estimate of drug-likeness (QED) is 0.452. The average Bonchev–Trinajstić information content (AvgIpc) is 2.87. The second-order valence-electron chi connectivity index (χ2n) is 9.59. The molecule has 0 radical (unpaired) electrons. The van der Waals surface area contributed by atoms with Crippen LogP contribution in [0.1, 0.15) is 25.3 Å². The zero-order valence-corrected chi connectivity index (χ0v) is 22.2. The van der Waals surface area contributed by atoms with Gasteiger partial charge >= 0.3 is 6.18 Å². The van der Waals surface area contributed by atoms with E-state index in [1.165, 1.54) is 22.5 Å². The van der Waals surface area contributed by atoms with E-state index in [0.717, 1.165) is 19.8 Å². The van der Waals surface area contributed by atoms with Gasteiger partial charge in [0.1, 0.15) is 0 Å². The molecule has 2 aliphatic heterocycles. The number of anilines is 1. The molecule has 1 unspecified atom stereocenters. The SMILES string of the molecule is CC(O)(c1ccc(N2CCN(S(=O)(=O)c3ccccc3S)C[C@@H]2CNC2CCOCC2)cc1)C(F)(F)F. The lowest BCUT2D eigenvalue weighted by Crippen LogP contribution is -2.59. The third kappa shape index (κ3) is 6.10. The van der Waals surface area contributed by atoms with E-state index in [-0.39, 0.29) is 35.6 Å². The summed E-state index contributed by atoms with van der Waals surface area (Å²) in [6.45, 7) is 3.29. The van der Waals surface area contributed by atoms with Crippen molar-refractivity contribution in [2.45, 2.75) is 53.4 Å². The van der Waals surface area contributed by atoms with Crippen LogP contribution in [0.2, 0.25) is 0 Å². The summed E-state index contributed by atoms with van der Waals surface area (Å²) in [7, 11) is -3.79. The van der Waals surface area contributed by atoms with Crippen LogP contribution in [0.4, 0.5) is 18.9 Å². The molecule has 2 saturated heterocycles. The van der Waals surface area contributed by atoms with Crippen LogP contribution in [-0.2, 0) is 20.4 Å². The number of nitrogens with one attached hydrogen (secondary N) is 1. The molecule has 204 valence electrons. The van der Waals surface area contributed by atoms with E-state index >= 15 is 0 Å². The first-order valence-corrected chi connectivity index (χ1v) is 14.1. The standard InChI is InChI=1S/C25H32F3N3O4S2/c1-24(32,25(26,27)28)18-6-8-20(9-7-18)31-13-12-30(37(33,34)23-5-3-2-4-22(23)36)17-21(31)16-29-19-10-14-35-15-11-19/h2-9,19,21,29,32,36H,10-17H2,1H3/t21-,24?/m0/s1. The van der Waals surface area contributed by atoms with Gasteiger partial charge in [0.05, 0.1) is 10.9 Å². The maximum Gasteiger partial charge on any atom is 0.421 e. The van der Waals surface area contributed by atoms with E-state index < -0.39 is 21.8 Å². The number of aliphatic hydroxyl groups is 1. The van der Waals surface area contributed by atoms with Crippen LogP contribution in [0.25, 0.3) is 0 Å². The zero-order valence-electron chi connectivity index (χ0n) is 20.5. The molecule has 0 aromatic heterocycles. The van der Waals surface area contributed by atoms with Gasteiger partial charge in [0.15, 0.2) is 5.60 Å². The molecule has 2 atom stereocenters. The Labute approximate surface area is 221 Å². The van der Waals surface area contributed by atoms with Gasteiger partial charge in [0.2, 0.25) is 10.0 Å². The molecule has 4 rings (SSSR count). The van der Waals surface area contributed by atoms with Crippen molar-refractivity contribution in [1.82, 2.24) is 9.62 Å². The van der Waals surface area contributed by atoms with Crippen LogP contribution in [0.15, 0.2) is 58.3 Å². The van der Waals surface area contributed by atoms with Crippen molar-refractivity contribution < 1.29 is 31.4 Å². The fourth-order valence-electron chi connectivity index (χ4n) is 4.72.